The van der Waals surface area contributed by atoms with Crippen LogP contribution in [0.3, 0.4) is 0 Å². The summed E-state index contributed by atoms with van der Waals surface area (Å²) in [4.78, 5) is 31.8. The Labute approximate surface area is 168 Å². The van der Waals surface area contributed by atoms with Crippen molar-refractivity contribution in [2.45, 2.75) is 39.2 Å². The fourth-order valence-corrected chi connectivity index (χ4v) is 4.17. The Kier molecular flexibility index (Phi) is 6.40. The lowest BCUT2D eigenvalue weighted by Gasteiger charge is -2.40. The minimum absolute atomic E-state index is 0.0208. The Hall–Kier alpha value is -1.92. The van der Waals surface area contributed by atoms with E-state index >= 15 is 0 Å². The smallest absolute Gasteiger partial charge is 0.253 e. The number of carbonyl (C=O) groups is 2. The lowest BCUT2D eigenvalue weighted by molar-refractivity contribution is -0.139. The van der Waals surface area contributed by atoms with E-state index in [-0.39, 0.29) is 17.7 Å². The van der Waals surface area contributed by atoms with Crippen LogP contribution >= 0.6 is 0 Å². The number of carbonyl (C=O) groups excluding carboxylic acids is 2. The highest BCUT2D eigenvalue weighted by Gasteiger charge is 2.33. The molecule has 28 heavy (non-hydrogen) atoms. The molecule has 1 aromatic carbocycles. The van der Waals surface area contributed by atoms with E-state index in [0.29, 0.717) is 31.7 Å². The third-order valence-corrected chi connectivity index (χ3v) is 5.65. The number of likely N-dealkylation sites (tertiary alicyclic amines) is 1. The van der Waals surface area contributed by atoms with Gasteiger partial charge in [0.25, 0.3) is 5.91 Å². The van der Waals surface area contributed by atoms with Gasteiger partial charge in [-0.1, -0.05) is 17.7 Å². The van der Waals surface area contributed by atoms with E-state index in [2.05, 4.69) is 4.90 Å². The molecule has 6 heteroatoms. The van der Waals surface area contributed by atoms with Crippen LogP contribution in [0.5, 0.6) is 0 Å². The number of benzene rings is 1. The Morgan fingerprint density at radius 2 is 1.68 bits per heavy atom. The molecule has 2 aliphatic rings. The van der Waals surface area contributed by atoms with Gasteiger partial charge in [0.2, 0.25) is 5.91 Å². The lowest BCUT2D eigenvalue weighted by Crippen LogP contribution is -2.54. The van der Waals surface area contributed by atoms with Crippen molar-refractivity contribution in [3.05, 3.63) is 35.4 Å². The lowest BCUT2D eigenvalue weighted by atomic mass is 9.95. The van der Waals surface area contributed by atoms with Crippen molar-refractivity contribution < 1.29 is 14.7 Å². The predicted octanol–water partition coefficient (Wildman–Crippen LogP) is 1.76. The van der Waals surface area contributed by atoms with E-state index in [1.54, 1.807) is 0 Å². The van der Waals surface area contributed by atoms with Gasteiger partial charge in [-0.05, 0) is 45.7 Å². The van der Waals surface area contributed by atoms with Crippen LogP contribution in [0.4, 0.5) is 0 Å². The van der Waals surface area contributed by atoms with Crippen molar-refractivity contribution in [2.24, 2.45) is 5.92 Å². The average Bonchev–Trinajstić information content (AvgIpc) is 2.67. The highest BCUT2D eigenvalue weighted by atomic mass is 16.3. The number of hydrogen-bond acceptors (Lipinski definition) is 4. The molecule has 0 aromatic heterocycles. The Morgan fingerprint density at radius 3 is 2.29 bits per heavy atom. The van der Waals surface area contributed by atoms with Crippen LogP contribution in [0.15, 0.2) is 24.3 Å². The summed E-state index contributed by atoms with van der Waals surface area (Å²) in [5.74, 6) is 0.0841. The molecule has 2 fully saturated rings. The van der Waals surface area contributed by atoms with Crippen molar-refractivity contribution in [1.82, 2.24) is 14.7 Å². The first-order chi connectivity index (χ1) is 13.2. The number of aliphatic hydroxyl groups is 1. The monoisotopic (exact) mass is 387 g/mol. The number of piperidine rings is 1. The molecule has 2 saturated heterocycles. The first-order valence-electron chi connectivity index (χ1n) is 10.3. The predicted molar refractivity (Wildman–Crippen MR) is 109 cm³/mol. The Balaban J connectivity index is 1.55. The van der Waals surface area contributed by atoms with Crippen molar-refractivity contribution in [3.63, 3.8) is 0 Å². The van der Waals surface area contributed by atoms with Crippen molar-refractivity contribution in [1.29, 1.82) is 0 Å². The second-order valence-corrected chi connectivity index (χ2v) is 8.87. The van der Waals surface area contributed by atoms with Gasteiger partial charge in [-0.2, -0.15) is 0 Å². The molecule has 1 N–H and O–H groups in total. The second-order valence-electron chi connectivity index (χ2n) is 8.87. The van der Waals surface area contributed by atoms with Crippen LogP contribution in [0.1, 0.15) is 42.6 Å². The summed E-state index contributed by atoms with van der Waals surface area (Å²) in [6.45, 7) is 10.4. The molecule has 6 nitrogen and oxygen atoms in total. The highest BCUT2D eigenvalue weighted by molar-refractivity contribution is 5.94. The number of piperazine rings is 1. The maximum atomic E-state index is 13.0. The van der Waals surface area contributed by atoms with E-state index in [1.807, 2.05) is 54.8 Å². The van der Waals surface area contributed by atoms with Gasteiger partial charge in [0.05, 0.1) is 11.5 Å². The highest BCUT2D eigenvalue weighted by Crippen LogP contribution is 2.22. The fourth-order valence-electron chi connectivity index (χ4n) is 4.17. The number of nitrogens with zero attached hydrogens (tertiary/aromatic N) is 3. The van der Waals surface area contributed by atoms with Gasteiger partial charge in [0.15, 0.2) is 0 Å². The summed E-state index contributed by atoms with van der Waals surface area (Å²) in [5.41, 5.74) is 1.11. The zero-order valence-electron chi connectivity index (χ0n) is 17.4. The molecule has 154 valence electrons. The third kappa shape index (κ3) is 5.32. The largest absolute Gasteiger partial charge is 0.389 e. The molecule has 2 heterocycles. The van der Waals surface area contributed by atoms with Crippen molar-refractivity contribution in [3.8, 4) is 0 Å². The maximum absolute atomic E-state index is 13.0. The SMILES string of the molecule is Cc1ccc(C(=O)N2CCCC(C(=O)N3CCN(CC(C)(C)O)CC3)C2)cc1. The molecule has 0 aliphatic carbocycles. The van der Waals surface area contributed by atoms with Crippen LogP contribution in [0.2, 0.25) is 0 Å². The van der Waals surface area contributed by atoms with E-state index in [0.717, 1.165) is 38.0 Å². The van der Waals surface area contributed by atoms with Gasteiger partial charge < -0.3 is 14.9 Å². The van der Waals surface area contributed by atoms with Gasteiger partial charge in [-0.15, -0.1) is 0 Å². The van der Waals surface area contributed by atoms with Gasteiger partial charge in [0, 0.05) is 51.4 Å². The minimum Gasteiger partial charge on any atom is -0.389 e. The van der Waals surface area contributed by atoms with Gasteiger partial charge in [0.1, 0.15) is 0 Å². The molecular weight excluding hydrogens is 354 g/mol. The Morgan fingerprint density at radius 1 is 1.04 bits per heavy atom. The Bertz CT molecular complexity index is 688. The maximum Gasteiger partial charge on any atom is 0.253 e. The molecular formula is C22H33N3O3. The molecule has 0 saturated carbocycles. The van der Waals surface area contributed by atoms with Crippen molar-refractivity contribution in [2.75, 3.05) is 45.8 Å². The normalized spacial score (nSPS) is 21.6. The van der Waals surface area contributed by atoms with Gasteiger partial charge in [-0.3, -0.25) is 14.5 Å². The summed E-state index contributed by atoms with van der Waals surface area (Å²) in [6, 6.07) is 7.63. The van der Waals surface area contributed by atoms with E-state index in [1.165, 1.54) is 0 Å². The molecule has 0 spiro atoms. The standard InChI is InChI=1S/C22H33N3O3/c1-17-6-8-18(9-7-17)20(26)25-10-4-5-19(15-25)21(27)24-13-11-23(12-14-24)16-22(2,3)28/h6-9,19,28H,4-5,10-16H2,1-3H3. The number of hydrogen-bond donors (Lipinski definition) is 1. The topological polar surface area (TPSA) is 64.1 Å². The number of β-amino-alcohol motifs (C(OH)–C–C–N with tert-alkyl or cyclic N) is 1. The first kappa shape index (κ1) is 20.8. The summed E-state index contributed by atoms with van der Waals surface area (Å²) < 4.78 is 0. The molecule has 2 amide bonds. The molecule has 0 bridgehead atoms. The van der Waals surface area contributed by atoms with Gasteiger partial charge >= 0.3 is 0 Å². The summed E-state index contributed by atoms with van der Waals surface area (Å²) in [5, 5.41) is 9.98. The van der Waals surface area contributed by atoms with Crippen LogP contribution in [0, 0.1) is 12.8 Å². The molecule has 1 unspecified atom stereocenters. The summed E-state index contributed by atoms with van der Waals surface area (Å²) >= 11 is 0. The second kappa shape index (κ2) is 8.62. The minimum atomic E-state index is -0.716. The first-order valence-corrected chi connectivity index (χ1v) is 10.3. The quantitative estimate of drug-likeness (QED) is 0.855. The van der Waals surface area contributed by atoms with Crippen LogP contribution in [-0.2, 0) is 4.79 Å². The number of amides is 2. The fraction of sp³-hybridized carbons (Fsp3) is 0.636. The van der Waals surface area contributed by atoms with E-state index < -0.39 is 5.60 Å². The molecule has 0 radical (unpaired) electrons. The molecule has 3 rings (SSSR count). The van der Waals surface area contributed by atoms with E-state index in [9.17, 15) is 14.7 Å². The third-order valence-electron chi connectivity index (χ3n) is 5.65. The number of aryl methyl sites for hydroxylation is 1. The van der Waals surface area contributed by atoms with Gasteiger partial charge in [-0.25, -0.2) is 0 Å². The zero-order valence-corrected chi connectivity index (χ0v) is 17.4. The summed E-state index contributed by atoms with van der Waals surface area (Å²) in [6.07, 6.45) is 1.72. The molecule has 1 atom stereocenters. The van der Waals surface area contributed by atoms with Crippen molar-refractivity contribution >= 4 is 11.8 Å². The molecule has 2 aliphatic heterocycles. The molecule has 1 aromatic rings. The number of rotatable bonds is 4. The average molecular weight is 388 g/mol. The summed E-state index contributed by atoms with van der Waals surface area (Å²) in [7, 11) is 0. The van der Waals surface area contributed by atoms with Crippen LogP contribution in [0.25, 0.3) is 0 Å². The van der Waals surface area contributed by atoms with Crippen LogP contribution in [-0.4, -0.2) is 83.0 Å². The zero-order chi connectivity index (χ0) is 20.3. The van der Waals surface area contributed by atoms with Crippen LogP contribution < -0.4 is 0 Å². The van der Waals surface area contributed by atoms with E-state index in [4.69, 9.17) is 0 Å².